The minimum absolute atomic E-state index is 0.623. The molecule has 0 spiro atoms. The maximum Gasteiger partial charge on any atom is 0.0842 e. The quantitative estimate of drug-likeness (QED) is 0.261. The van der Waals surface area contributed by atoms with Crippen molar-refractivity contribution < 1.29 is 4.74 Å². The Bertz CT molecular complexity index is 214. The molecule has 1 heteroatoms. The zero-order chi connectivity index (χ0) is 14.6. The normalized spacial score (nSPS) is 22.9. The van der Waals surface area contributed by atoms with Crippen LogP contribution >= 0.6 is 0 Å². The van der Waals surface area contributed by atoms with Gasteiger partial charge in [-0.15, -0.1) is 0 Å². The molecule has 1 nitrogen and oxygen atoms in total. The average Bonchev–Trinajstić information content (AvgIpc) is 3.21. The Kier molecular flexibility index (Phi) is 10.4. The third-order valence-electron chi connectivity index (χ3n) is 4.92. The summed E-state index contributed by atoms with van der Waals surface area (Å²) >= 11 is 0. The van der Waals surface area contributed by atoms with Crippen molar-refractivity contribution in [2.75, 3.05) is 0 Å². The second-order valence-corrected chi connectivity index (χ2v) is 6.92. The van der Waals surface area contributed by atoms with Crippen LogP contribution in [0.4, 0.5) is 0 Å². The summed E-state index contributed by atoms with van der Waals surface area (Å²) in [5.41, 5.74) is 0. The molecule has 1 aliphatic rings. The largest absolute Gasteiger partial charge is 0.370 e. The van der Waals surface area contributed by atoms with E-state index < -0.39 is 0 Å². The fourth-order valence-electron chi connectivity index (χ4n) is 3.00. The molecule has 1 heterocycles. The molecule has 0 aromatic carbocycles. The van der Waals surface area contributed by atoms with Crippen LogP contribution in [0, 0.1) is 5.92 Å². The minimum atomic E-state index is 0.623. The Labute approximate surface area is 127 Å². The Hall–Kier alpha value is -0.0400. The van der Waals surface area contributed by atoms with E-state index in [1.165, 1.54) is 83.5 Å². The molecular weight excluding hydrogens is 244 g/mol. The van der Waals surface area contributed by atoms with Crippen LogP contribution < -0.4 is 0 Å². The van der Waals surface area contributed by atoms with Gasteiger partial charge in [0.05, 0.1) is 12.2 Å². The molecule has 0 saturated carbocycles. The Morgan fingerprint density at radius 2 is 1.30 bits per heavy atom. The van der Waals surface area contributed by atoms with Crippen LogP contribution in [0.1, 0.15) is 104 Å². The summed E-state index contributed by atoms with van der Waals surface area (Å²) in [4.78, 5) is 0. The van der Waals surface area contributed by atoms with Crippen molar-refractivity contribution in [2.45, 2.75) is 116 Å². The SMILES string of the molecule is CCCCCCCCCCCC1OC1CCC(C)CC. The van der Waals surface area contributed by atoms with Crippen LogP contribution in [0.5, 0.6) is 0 Å². The number of hydrogen-bond donors (Lipinski definition) is 0. The van der Waals surface area contributed by atoms with Gasteiger partial charge in [-0.3, -0.25) is 0 Å². The van der Waals surface area contributed by atoms with Gasteiger partial charge < -0.3 is 4.74 Å². The van der Waals surface area contributed by atoms with E-state index in [9.17, 15) is 0 Å². The monoisotopic (exact) mass is 282 g/mol. The van der Waals surface area contributed by atoms with Gasteiger partial charge in [-0.1, -0.05) is 85.0 Å². The third kappa shape index (κ3) is 9.00. The lowest BCUT2D eigenvalue weighted by atomic mass is 9.99. The maximum atomic E-state index is 5.78. The van der Waals surface area contributed by atoms with Crippen LogP contribution in [0.2, 0.25) is 0 Å². The summed E-state index contributed by atoms with van der Waals surface area (Å²) in [7, 11) is 0. The van der Waals surface area contributed by atoms with Gasteiger partial charge in [0, 0.05) is 0 Å². The highest BCUT2D eigenvalue weighted by Gasteiger charge is 2.37. The highest BCUT2D eigenvalue weighted by atomic mass is 16.6. The van der Waals surface area contributed by atoms with Crippen molar-refractivity contribution in [1.29, 1.82) is 0 Å². The van der Waals surface area contributed by atoms with E-state index in [1.807, 2.05) is 0 Å². The topological polar surface area (TPSA) is 12.5 Å². The van der Waals surface area contributed by atoms with Gasteiger partial charge in [0.25, 0.3) is 0 Å². The van der Waals surface area contributed by atoms with E-state index in [0.29, 0.717) is 12.2 Å². The number of unbranched alkanes of at least 4 members (excludes halogenated alkanes) is 8. The van der Waals surface area contributed by atoms with Crippen molar-refractivity contribution in [3.63, 3.8) is 0 Å². The van der Waals surface area contributed by atoms with Gasteiger partial charge >= 0.3 is 0 Å². The molecule has 1 aliphatic heterocycles. The van der Waals surface area contributed by atoms with Crippen molar-refractivity contribution >= 4 is 0 Å². The highest BCUT2D eigenvalue weighted by Crippen LogP contribution is 2.32. The van der Waals surface area contributed by atoms with E-state index in [0.717, 1.165) is 5.92 Å². The Morgan fingerprint density at radius 3 is 1.90 bits per heavy atom. The molecular formula is C19H38O. The summed E-state index contributed by atoms with van der Waals surface area (Å²) in [6.45, 7) is 6.94. The summed E-state index contributed by atoms with van der Waals surface area (Å²) in [6.07, 6.45) is 19.4. The highest BCUT2D eigenvalue weighted by molar-refractivity contribution is 4.84. The zero-order valence-corrected chi connectivity index (χ0v) is 14.3. The van der Waals surface area contributed by atoms with Gasteiger partial charge in [-0.2, -0.15) is 0 Å². The van der Waals surface area contributed by atoms with Crippen LogP contribution in [-0.2, 0) is 4.74 Å². The van der Waals surface area contributed by atoms with Gasteiger partial charge in [0.1, 0.15) is 0 Å². The second-order valence-electron chi connectivity index (χ2n) is 6.92. The number of rotatable bonds is 14. The number of ether oxygens (including phenoxy) is 1. The van der Waals surface area contributed by atoms with Crippen molar-refractivity contribution in [3.05, 3.63) is 0 Å². The summed E-state index contributed by atoms with van der Waals surface area (Å²) in [5.74, 6) is 0.882. The third-order valence-corrected chi connectivity index (χ3v) is 4.92. The average molecular weight is 283 g/mol. The molecule has 1 saturated heterocycles. The fourth-order valence-corrected chi connectivity index (χ4v) is 3.00. The van der Waals surface area contributed by atoms with Gasteiger partial charge in [-0.05, 0) is 25.2 Å². The molecule has 1 rings (SSSR count). The number of hydrogen-bond acceptors (Lipinski definition) is 1. The van der Waals surface area contributed by atoms with E-state index in [4.69, 9.17) is 4.74 Å². The Balaban J connectivity index is 1.77. The molecule has 20 heavy (non-hydrogen) atoms. The fraction of sp³-hybridized carbons (Fsp3) is 1.00. The first kappa shape index (κ1) is 18.0. The molecule has 0 bridgehead atoms. The summed E-state index contributed by atoms with van der Waals surface area (Å²) in [6, 6.07) is 0. The zero-order valence-electron chi connectivity index (χ0n) is 14.3. The summed E-state index contributed by atoms with van der Waals surface area (Å²) in [5, 5.41) is 0. The first-order valence-electron chi connectivity index (χ1n) is 9.43. The molecule has 3 unspecified atom stereocenters. The van der Waals surface area contributed by atoms with Crippen LogP contribution in [-0.4, -0.2) is 12.2 Å². The van der Waals surface area contributed by atoms with Crippen molar-refractivity contribution in [1.82, 2.24) is 0 Å². The molecule has 0 aromatic heterocycles. The lowest BCUT2D eigenvalue weighted by Crippen LogP contribution is -1.99. The predicted octanol–water partition coefficient (Wildman–Crippen LogP) is 6.50. The summed E-state index contributed by atoms with van der Waals surface area (Å²) < 4.78 is 5.78. The molecule has 1 fully saturated rings. The Morgan fingerprint density at radius 1 is 0.750 bits per heavy atom. The van der Waals surface area contributed by atoms with Crippen molar-refractivity contribution in [2.24, 2.45) is 5.92 Å². The maximum absolute atomic E-state index is 5.78. The van der Waals surface area contributed by atoms with E-state index in [2.05, 4.69) is 20.8 Å². The van der Waals surface area contributed by atoms with Gasteiger partial charge in [0.15, 0.2) is 0 Å². The molecule has 0 N–H and O–H groups in total. The molecule has 120 valence electrons. The smallest absolute Gasteiger partial charge is 0.0842 e. The minimum Gasteiger partial charge on any atom is -0.370 e. The first-order valence-corrected chi connectivity index (χ1v) is 9.43. The van der Waals surface area contributed by atoms with E-state index in [-0.39, 0.29) is 0 Å². The number of epoxide rings is 1. The molecule has 3 atom stereocenters. The van der Waals surface area contributed by atoms with E-state index >= 15 is 0 Å². The van der Waals surface area contributed by atoms with Crippen LogP contribution in [0.15, 0.2) is 0 Å². The molecule has 0 aliphatic carbocycles. The van der Waals surface area contributed by atoms with Gasteiger partial charge in [-0.25, -0.2) is 0 Å². The lowest BCUT2D eigenvalue weighted by Gasteiger charge is -2.05. The van der Waals surface area contributed by atoms with Crippen LogP contribution in [0.25, 0.3) is 0 Å². The first-order chi connectivity index (χ1) is 9.77. The lowest BCUT2D eigenvalue weighted by molar-refractivity contribution is 0.339. The second kappa shape index (κ2) is 11.6. The molecule has 0 amide bonds. The van der Waals surface area contributed by atoms with Crippen molar-refractivity contribution in [3.8, 4) is 0 Å². The predicted molar refractivity (Wildman–Crippen MR) is 89.2 cm³/mol. The van der Waals surface area contributed by atoms with Gasteiger partial charge in [0.2, 0.25) is 0 Å². The van der Waals surface area contributed by atoms with Crippen LogP contribution in [0.3, 0.4) is 0 Å². The molecule has 0 radical (unpaired) electrons. The standard InChI is InChI=1S/C19H38O/c1-4-6-7-8-9-10-11-12-13-14-18-19(20-18)16-15-17(3)5-2/h17-19H,4-16H2,1-3H3. The van der Waals surface area contributed by atoms with E-state index in [1.54, 1.807) is 0 Å². The molecule has 0 aromatic rings.